The molecule has 0 aliphatic carbocycles. The summed E-state index contributed by atoms with van der Waals surface area (Å²) in [5.74, 6) is -1.02. The molecule has 0 aliphatic heterocycles. The Kier molecular flexibility index (Phi) is 54.9. The Labute approximate surface area is 432 Å². The third-order valence-corrected chi connectivity index (χ3v) is 12.3. The Morgan fingerprint density at radius 3 is 0.857 bits per heavy atom. The number of allylic oxidation sites excluding steroid dienone is 16. The van der Waals surface area contributed by atoms with Crippen LogP contribution >= 0.6 is 0 Å². The minimum Gasteiger partial charge on any atom is -0.462 e. The van der Waals surface area contributed by atoms with Crippen molar-refractivity contribution in [1.29, 1.82) is 0 Å². The molecule has 0 aliphatic rings. The minimum absolute atomic E-state index is 0.115. The SMILES string of the molecule is CCCCC/C=C\C/C=C\C/C=C\C/C=C\CCCC(=O)OC[C@H](COC(=O)CCCCCCCCCCCCCCCCCCCC)OC(=O)CCC/C=C\C/C=C\C/C=C\C/C=C\CCCCC. The van der Waals surface area contributed by atoms with Crippen molar-refractivity contribution in [2.75, 3.05) is 13.2 Å². The van der Waals surface area contributed by atoms with Gasteiger partial charge in [-0.2, -0.15) is 0 Å². The van der Waals surface area contributed by atoms with Crippen molar-refractivity contribution < 1.29 is 28.6 Å². The lowest BCUT2D eigenvalue weighted by Crippen LogP contribution is -2.30. The molecule has 70 heavy (non-hydrogen) atoms. The minimum atomic E-state index is -0.828. The largest absolute Gasteiger partial charge is 0.462 e. The van der Waals surface area contributed by atoms with E-state index in [1.54, 1.807) is 0 Å². The maximum atomic E-state index is 12.8. The van der Waals surface area contributed by atoms with Crippen LogP contribution in [0.2, 0.25) is 0 Å². The number of esters is 3. The molecule has 0 heterocycles. The van der Waals surface area contributed by atoms with Gasteiger partial charge in [0, 0.05) is 19.3 Å². The fourth-order valence-electron chi connectivity index (χ4n) is 7.90. The van der Waals surface area contributed by atoms with Crippen molar-refractivity contribution in [3.63, 3.8) is 0 Å². The molecule has 0 unspecified atom stereocenters. The molecule has 0 N–H and O–H groups in total. The second kappa shape index (κ2) is 57.9. The Hall–Kier alpha value is -3.67. The molecular formula is C64H108O6. The van der Waals surface area contributed by atoms with Crippen LogP contribution < -0.4 is 0 Å². The zero-order valence-electron chi connectivity index (χ0n) is 45.8. The van der Waals surface area contributed by atoms with Crippen LogP contribution in [0.3, 0.4) is 0 Å². The number of rotatable bonds is 52. The molecule has 0 aromatic carbocycles. The topological polar surface area (TPSA) is 78.9 Å². The fraction of sp³-hybridized carbons (Fsp3) is 0.703. The smallest absolute Gasteiger partial charge is 0.306 e. The Morgan fingerprint density at radius 1 is 0.286 bits per heavy atom. The van der Waals surface area contributed by atoms with Crippen LogP contribution in [0.15, 0.2) is 97.2 Å². The number of hydrogen-bond acceptors (Lipinski definition) is 6. The van der Waals surface area contributed by atoms with Gasteiger partial charge in [-0.05, 0) is 96.3 Å². The summed E-state index contributed by atoms with van der Waals surface area (Å²) in [6, 6.07) is 0. The average Bonchev–Trinajstić information content (AvgIpc) is 3.36. The van der Waals surface area contributed by atoms with E-state index in [0.29, 0.717) is 19.3 Å². The first-order valence-corrected chi connectivity index (χ1v) is 29.2. The van der Waals surface area contributed by atoms with Gasteiger partial charge in [0.2, 0.25) is 0 Å². The fourth-order valence-corrected chi connectivity index (χ4v) is 7.90. The van der Waals surface area contributed by atoms with Crippen LogP contribution in [0, 0.1) is 0 Å². The van der Waals surface area contributed by atoms with Crippen LogP contribution in [0.4, 0.5) is 0 Å². The van der Waals surface area contributed by atoms with Crippen LogP contribution in [0.25, 0.3) is 0 Å². The predicted molar refractivity (Wildman–Crippen MR) is 302 cm³/mol. The van der Waals surface area contributed by atoms with Crippen molar-refractivity contribution in [1.82, 2.24) is 0 Å². The highest BCUT2D eigenvalue weighted by molar-refractivity contribution is 5.71. The second-order valence-corrected chi connectivity index (χ2v) is 19.2. The van der Waals surface area contributed by atoms with Gasteiger partial charge >= 0.3 is 17.9 Å². The Bertz CT molecular complexity index is 1400. The first kappa shape index (κ1) is 66.3. The van der Waals surface area contributed by atoms with Gasteiger partial charge in [0.1, 0.15) is 13.2 Å². The average molecular weight is 974 g/mol. The molecule has 400 valence electrons. The van der Waals surface area contributed by atoms with E-state index in [2.05, 4.69) is 118 Å². The van der Waals surface area contributed by atoms with Crippen molar-refractivity contribution >= 4 is 17.9 Å². The molecule has 0 amide bonds. The lowest BCUT2D eigenvalue weighted by molar-refractivity contribution is -0.167. The first-order chi connectivity index (χ1) is 34.5. The molecule has 6 heteroatoms. The molecule has 1 atom stereocenters. The number of carbonyl (C=O) groups is 3. The van der Waals surface area contributed by atoms with E-state index in [9.17, 15) is 14.4 Å². The molecule has 0 aromatic rings. The molecule has 0 saturated heterocycles. The first-order valence-electron chi connectivity index (χ1n) is 29.2. The quantitative estimate of drug-likeness (QED) is 0.0262. The van der Waals surface area contributed by atoms with Gasteiger partial charge in [0.05, 0.1) is 0 Å². The Morgan fingerprint density at radius 2 is 0.529 bits per heavy atom. The summed E-state index contributed by atoms with van der Waals surface area (Å²) in [5, 5.41) is 0. The molecule has 0 rings (SSSR count). The molecule has 0 spiro atoms. The van der Waals surface area contributed by atoms with Gasteiger partial charge in [-0.15, -0.1) is 0 Å². The summed E-state index contributed by atoms with van der Waals surface area (Å²) in [5.41, 5.74) is 0. The number of hydrogen-bond donors (Lipinski definition) is 0. The van der Waals surface area contributed by atoms with Crippen molar-refractivity contribution in [3.8, 4) is 0 Å². The molecule has 0 radical (unpaired) electrons. The Balaban J connectivity index is 4.53. The lowest BCUT2D eigenvalue weighted by Gasteiger charge is -2.18. The van der Waals surface area contributed by atoms with E-state index in [-0.39, 0.29) is 44.0 Å². The van der Waals surface area contributed by atoms with Crippen LogP contribution in [0.1, 0.15) is 271 Å². The maximum absolute atomic E-state index is 12.8. The van der Waals surface area contributed by atoms with Gasteiger partial charge in [0.25, 0.3) is 0 Å². The van der Waals surface area contributed by atoms with E-state index in [0.717, 1.165) is 70.6 Å². The number of carbonyl (C=O) groups excluding carboxylic acids is 3. The van der Waals surface area contributed by atoms with Gasteiger partial charge in [-0.1, -0.05) is 253 Å². The highest BCUT2D eigenvalue weighted by Gasteiger charge is 2.19. The summed E-state index contributed by atoms with van der Waals surface area (Å²) >= 11 is 0. The predicted octanol–water partition coefficient (Wildman–Crippen LogP) is 19.7. The van der Waals surface area contributed by atoms with E-state index in [4.69, 9.17) is 14.2 Å². The highest BCUT2D eigenvalue weighted by atomic mass is 16.6. The molecule has 0 aromatic heterocycles. The van der Waals surface area contributed by atoms with E-state index >= 15 is 0 Å². The molecule has 0 fully saturated rings. The highest BCUT2D eigenvalue weighted by Crippen LogP contribution is 2.15. The molecule has 6 nitrogen and oxygen atoms in total. The van der Waals surface area contributed by atoms with E-state index in [1.807, 2.05) is 0 Å². The number of unbranched alkanes of at least 4 members (excludes halogenated alkanes) is 25. The van der Waals surface area contributed by atoms with Crippen LogP contribution in [0.5, 0.6) is 0 Å². The molecule has 0 saturated carbocycles. The third kappa shape index (κ3) is 55.3. The number of ether oxygens (including phenoxy) is 3. The zero-order valence-corrected chi connectivity index (χ0v) is 45.8. The lowest BCUT2D eigenvalue weighted by atomic mass is 10.0. The summed E-state index contributed by atoms with van der Waals surface area (Å²) < 4.78 is 16.8. The zero-order chi connectivity index (χ0) is 50.7. The molecular weight excluding hydrogens is 865 g/mol. The van der Waals surface area contributed by atoms with Gasteiger partial charge < -0.3 is 14.2 Å². The van der Waals surface area contributed by atoms with Crippen LogP contribution in [-0.4, -0.2) is 37.2 Å². The van der Waals surface area contributed by atoms with Gasteiger partial charge in [-0.25, -0.2) is 0 Å². The van der Waals surface area contributed by atoms with Gasteiger partial charge in [0.15, 0.2) is 6.10 Å². The normalized spacial score (nSPS) is 12.8. The summed E-state index contributed by atoms with van der Waals surface area (Å²) in [6.45, 7) is 6.51. The summed E-state index contributed by atoms with van der Waals surface area (Å²) in [6.07, 6.45) is 76.9. The summed E-state index contributed by atoms with van der Waals surface area (Å²) in [4.78, 5) is 38.1. The van der Waals surface area contributed by atoms with Crippen molar-refractivity contribution in [3.05, 3.63) is 97.2 Å². The van der Waals surface area contributed by atoms with E-state index in [1.165, 1.54) is 148 Å². The van der Waals surface area contributed by atoms with Crippen molar-refractivity contribution in [2.45, 2.75) is 277 Å². The summed E-state index contributed by atoms with van der Waals surface area (Å²) in [7, 11) is 0. The second-order valence-electron chi connectivity index (χ2n) is 19.2. The third-order valence-electron chi connectivity index (χ3n) is 12.3. The van der Waals surface area contributed by atoms with E-state index < -0.39 is 6.10 Å². The maximum Gasteiger partial charge on any atom is 0.306 e. The standard InChI is InChI=1S/C64H108O6/c1-4-7-10-13-16-19-22-25-28-31-34-36-39-42-45-48-51-54-57-63(66)69-60-61(70-64(67)58-55-52-49-46-43-40-37-33-30-27-24-21-18-15-12-9-6-3)59-68-62(65)56-53-50-47-44-41-38-35-32-29-26-23-20-17-14-11-8-5-2/h17-18,20-21,26-27,29-30,35,37-38,40,44,46-47,49,61H,4-16,19,22-25,28,31-34,36,39,41-43,45,48,50-60H2,1-3H3/b20-17-,21-18-,29-26-,30-27-,38-35-,40-37-,47-44-,49-46-/t61-/m1/s1. The molecule has 0 bridgehead atoms. The van der Waals surface area contributed by atoms with Gasteiger partial charge in [-0.3, -0.25) is 14.4 Å². The monoisotopic (exact) mass is 973 g/mol. The van der Waals surface area contributed by atoms with Crippen LogP contribution in [-0.2, 0) is 28.6 Å². The van der Waals surface area contributed by atoms with Crippen molar-refractivity contribution in [2.24, 2.45) is 0 Å².